The second-order valence-corrected chi connectivity index (χ2v) is 7.32. The van der Waals surface area contributed by atoms with Gasteiger partial charge in [-0.3, -0.25) is 9.36 Å². The molecule has 4 nitrogen and oxygen atoms in total. The van der Waals surface area contributed by atoms with E-state index in [9.17, 15) is 14.4 Å². The lowest BCUT2D eigenvalue weighted by Crippen LogP contribution is -2.27. The first-order valence-corrected chi connectivity index (χ1v) is 9.79. The van der Waals surface area contributed by atoms with Crippen molar-refractivity contribution in [3.05, 3.63) is 85.8 Å². The molecule has 3 rings (SSSR count). The van der Waals surface area contributed by atoms with Crippen LogP contribution in [0.3, 0.4) is 0 Å². The average Bonchev–Trinajstić information content (AvgIpc) is 2.69. The molecular formula is C22H19BrFN3O. The van der Waals surface area contributed by atoms with Gasteiger partial charge in [-0.1, -0.05) is 37.3 Å². The summed E-state index contributed by atoms with van der Waals surface area (Å²) in [7, 11) is 0. The second kappa shape index (κ2) is 8.49. The smallest absolute Gasteiger partial charge is 0.268 e. The summed E-state index contributed by atoms with van der Waals surface area (Å²) in [6, 6.07) is 13.8. The average molecular weight is 440 g/mol. The monoisotopic (exact) mass is 439 g/mol. The summed E-state index contributed by atoms with van der Waals surface area (Å²) in [6.45, 7) is 4.05. The van der Waals surface area contributed by atoms with Crippen LogP contribution in [0.25, 0.3) is 11.1 Å². The third-order valence-electron chi connectivity index (χ3n) is 4.56. The molecular weight excluding hydrogens is 421 g/mol. The number of aryl methyl sites for hydroxylation is 2. The third kappa shape index (κ3) is 3.90. The van der Waals surface area contributed by atoms with Crippen LogP contribution >= 0.6 is 15.9 Å². The molecule has 0 spiro atoms. The normalized spacial score (nSPS) is 10.7. The van der Waals surface area contributed by atoms with E-state index in [-0.39, 0.29) is 17.9 Å². The molecule has 142 valence electrons. The van der Waals surface area contributed by atoms with Crippen LogP contribution in [0.5, 0.6) is 0 Å². The highest BCUT2D eigenvalue weighted by Crippen LogP contribution is 2.27. The molecule has 2 aromatic carbocycles. The Morgan fingerprint density at radius 2 is 2.00 bits per heavy atom. The molecule has 28 heavy (non-hydrogen) atoms. The maximum atomic E-state index is 13.7. The quantitative estimate of drug-likeness (QED) is 0.562. The molecule has 1 aromatic heterocycles. The lowest BCUT2D eigenvalue weighted by Gasteiger charge is -2.16. The van der Waals surface area contributed by atoms with Crippen molar-refractivity contribution in [2.45, 2.75) is 33.2 Å². The fourth-order valence-electron chi connectivity index (χ4n) is 3.20. The molecule has 6 heteroatoms. The van der Waals surface area contributed by atoms with Crippen molar-refractivity contribution < 1.29 is 4.39 Å². The fourth-order valence-corrected chi connectivity index (χ4v) is 3.50. The summed E-state index contributed by atoms with van der Waals surface area (Å²) in [4.78, 5) is 17.4. The van der Waals surface area contributed by atoms with E-state index in [0.29, 0.717) is 44.7 Å². The molecule has 0 fully saturated rings. The van der Waals surface area contributed by atoms with E-state index in [1.807, 2.05) is 19.1 Å². The molecule has 0 unspecified atom stereocenters. The molecule has 3 aromatic rings. The van der Waals surface area contributed by atoms with Gasteiger partial charge in [-0.05, 0) is 58.1 Å². The van der Waals surface area contributed by atoms with Crippen LogP contribution in [0.1, 0.15) is 36.0 Å². The van der Waals surface area contributed by atoms with Crippen molar-refractivity contribution in [1.82, 2.24) is 9.55 Å². The van der Waals surface area contributed by atoms with Gasteiger partial charge in [0, 0.05) is 6.42 Å². The number of aromatic nitrogens is 2. The minimum Gasteiger partial charge on any atom is -0.291 e. The lowest BCUT2D eigenvalue weighted by molar-refractivity contribution is 0.628. The van der Waals surface area contributed by atoms with Crippen LogP contribution < -0.4 is 5.56 Å². The Kier molecular flexibility index (Phi) is 6.05. The van der Waals surface area contributed by atoms with Gasteiger partial charge >= 0.3 is 0 Å². The van der Waals surface area contributed by atoms with Crippen LogP contribution in [0, 0.1) is 24.1 Å². The molecule has 0 N–H and O–H groups in total. The van der Waals surface area contributed by atoms with E-state index in [1.54, 1.807) is 29.7 Å². The Labute approximate surface area is 171 Å². The van der Waals surface area contributed by atoms with Gasteiger partial charge in [-0.25, -0.2) is 9.37 Å². The molecule has 0 aliphatic heterocycles. The summed E-state index contributed by atoms with van der Waals surface area (Å²) < 4.78 is 15.7. The molecule has 0 aliphatic carbocycles. The topological polar surface area (TPSA) is 58.7 Å². The van der Waals surface area contributed by atoms with Crippen LogP contribution in [0.4, 0.5) is 4.39 Å². The zero-order valence-electron chi connectivity index (χ0n) is 15.7. The third-order valence-corrected chi connectivity index (χ3v) is 5.47. The number of hydrogen-bond donors (Lipinski definition) is 0. The number of nitrogens with zero attached hydrogens (tertiary/aromatic N) is 3. The molecule has 0 bridgehead atoms. The highest BCUT2D eigenvalue weighted by atomic mass is 79.9. The number of nitriles is 1. The zero-order chi connectivity index (χ0) is 20.3. The first-order chi connectivity index (χ1) is 13.5. The number of halogens is 2. The van der Waals surface area contributed by atoms with Crippen molar-refractivity contribution in [2.75, 3.05) is 0 Å². The Morgan fingerprint density at radius 3 is 2.68 bits per heavy atom. The van der Waals surface area contributed by atoms with E-state index in [2.05, 4.69) is 27.0 Å². The van der Waals surface area contributed by atoms with Gasteiger partial charge in [-0.2, -0.15) is 5.26 Å². The van der Waals surface area contributed by atoms with Crippen molar-refractivity contribution in [1.29, 1.82) is 5.26 Å². The van der Waals surface area contributed by atoms with Gasteiger partial charge in [-0.15, -0.1) is 0 Å². The zero-order valence-corrected chi connectivity index (χ0v) is 17.3. The van der Waals surface area contributed by atoms with E-state index in [1.165, 1.54) is 12.1 Å². The van der Waals surface area contributed by atoms with Crippen molar-refractivity contribution in [2.24, 2.45) is 0 Å². The Bertz CT molecular complexity index is 1130. The highest BCUT2D eigenvalue weighted by Gasteiger charge is 2.16. The van der Waals surface area contributed by atoms with Crippen LogP contribution in [0.15, 0.2) is 51.7 Å². The van der Waals surface area contributed by atoms with Gasteiger partial charge < -0.3 is 0 Å². The van der Waals surface area contributed by atoms with E-state index < -0.39 is 0 Å². The lowest BCUT2D eigenvalue weighted by atomic mass is 9.96. The SMILES string of the molecule is CCCc1nc(C)c(Br)c(=O)n1Cc1cccc(-c2cccc(F)c2)c1C#N. The van der Waals surface area contributed by atoms with E-state index in [0.717, 1.165) is 6.42 Å². The number of hydrogen-bond acceptors (Lipinski definition) is 3. The van der Waals surface area contributed by atoms with Gasteiger partial charge in [0.2, 0.25) is 0 Å². The fraction of sp³-hybridized carbons (Fsp3) is 0.227. The number of rotatable bonds is 5. The van der Waals surface area contributed by atoms with Crippen molar-refractivity contribution >= 4 is 15.9 Å². The summed E-state index contributed by atoms with van der Waals surface area (Å²) in [5.74, 6) is 0.327. The van der Waals surface area contributed by atoms with E-state index in [4.69, 9.17) is 0 Å². The summed E-state index contributed by atoms with van der Waals surface area (Å²) in [5, 5.41) is 9.79. The minimum atomic E-state index is -0.361. The second-order valence-electron chi connectivity index (χ2n) is 6.53. The van der Waals surface area contributed by atoms with Crippen molar-refractivity contribution in [3.8, 4) is 17.2 Å². The molecule has 0 aliphatic rings. The first-order valence-electron chi connectivity index (χ1n) is 9.00. The summed E-state index contributed by atoms with van der Waals surface area (Å²) in [6.07, 6.45) is 1.51. The summed E-state index contributed by atoms with van der Waals surface area (Å²) >= 11 is 3.32. The molecule has 0 amide bonds. The van der Waals surface area contributed by atoms with Gasteiger partial charge in [0.05, 0.1) is 17.8 Å². The molecule has 1 heterocycles. The highest BCUT2D eigenvalue weighted by molar-refractivity contribution is 9.10. The van der Waals surface area contributed by atoms with Crippen LogP contribution in [-0.4, -0.2) is 9.55 Å². The van der Waals surface area contributed by atoms with Gasteiger partial charge in [0.1, 0.15) is 22.2 Å². The Morgan fingerprint density at radius 1 is 1.25 bits per heavy atom. The predicted molar refractivity (Wildman–Crippen MR) is 111 cm³/mol. The largest absolute Gasteiger partial charge is 0.291 e. The maximum absolute atomic E-state index is 13.7. The molecule has 0 atom stereocenters. The van der Waals surface area contributed by atoms with Crippen LogP contribution in [-0.2, 0) is 13.0 Å². The van der Waals surface area contributed by atoms with Crippen molar-refractivity contribution in [3.63, 3.8) is 0 Å². The maximum Gasteiger partial charge on any atom is 0.268 e. The Balaban J connectivity index is 2.15. The van der Waals surface area contributed by atoms with Gasteiger partial charge in [0.15, 0.2) is 0 Å². The molecule has 0 saturated carbocycles. The predicted octanol–water partition coefficient (Wildman–Crippen LogP) is 4.99. The Hall–Kier alpha value is -2.78. The number of benzene rings is 2. The summed E-state index contributed by atoms with van der Waals surface area (Å²) in [5.41, 5.74) is 2.88. The van der Waals surface area contributed by atoms with Crippen LogP contribution in [0.2, 0.25) is 0 Å². The minimum absolute atomic E-state index is 0.170. The van der Waals surface area contributed by atoms with Gasteiger partial charge in [0.25, 0.3) is 5.56 Å². The first kappa shape index (κ1) is 20.0. The standard InChI is InChI=1S/C22H19BrFN3O/c1-3-6-20-26-14(2)21(23)22(28)27(20)13-16-8-5-10-18(19(16)12-25)15-7-4-9-17(24)11-15/h4-5,7-11H,3,6,13H2,1-2H3. The molecule has 0 radical (unpaired) electrons. The molecule has 0 saturated heterocycles. The van der Waals surface area contributed by atoms with E-state index >= 15 is 0 Å².